The third kappa shape index (κ3) is 2.14. The molecule has 2 saturated carbocycles. The van der Waals surface area contributed by atoms with Crippen LogP contribution in [0.4, 0.5) is 10.8 Å². The summed E-state index contributed by atoms with van der Waals surface area (Å²) in [7, 11) is 0. The van der Waals surface area contributed by atoms with E-state index < -0.39 is 10.8 Å². The van der Waals surface area contributed by atoms with Crippen molar-refractivity contribution in [3.63, 3.8) is 0 Å². The molecule has 2 heterocycles. The van der Waals surface area contributed by atoms with E-state index in [1.165, 1.54) is 23.5 Å². The van der Waals surface area contributed by atoms with Gasteiger partial charge in [0.2, 0.25) is 5.91 Å². The third-order valence-corrected chi connectivity index (χ3v) is 7.77. The van der Waals surface area contributed by atoms with Gasteiger partial charge in [-0.25, -0.2) is 4.98 Å². The lowest BCUT2D eigenvalue weighted by Gasteiger charge is -2.27. The van der Waals surface area contributed by atoms with Crippen LogP contribution in [0.2, 0.25) is 0 Å². The van der Waals surface area contributed by atoms with Crippen molar-refractivity contribution in [2.45, 2.75) is 17.4 Å². The van der Waals surface area contributed by atoms with E-state index in [-0.39, 0.29) is 46.2 Å². The van der Waals surface area contributed by atoms with Crippen LogP contribution in [-0.4, -0.2) is 32.7 Å². The number of halogens is 1. The second-order valence-electron chi connectivity index (χ2n) is 6.88. The van der Waals surface area contributed by atoms with Crippen LogP contribution in [0.5, 0.6) is 0 Å². The first-order valence-electron chi connectivity index (χ1n) is 8.14. The highest BCUT2D eigenvalue weighted by Crippen LogP contribution is 2.60. The maximum Gasteiger partial charge on any atom is 0.310 e. The van der Waals surface area contributed by atoms with Gasteiger partial charge in [0, 0.05) is 18.1 Å². The fraction of sp³-hybridized carbons (Fsp3) is 0.438. The Bertz CT molecular complexity index is 978. The first-order chi connectivity index (χ1) is 12.4. The molecule has 1 N–H and O–H groups in total. The summed E-state index contributed by atoms with van der Waals surface area (Å²) in [5.41, 5.74) is 0.566. The van der Waals surface area contributed by atoms with Gasteiger partial charge in [-0.1, -0.05) is 27.3 Å². The number of esters is 1. The number of nitrogens with zero attached hydrogens (tertiary/aromatic N) is 2. The highest BCUT2D eigenvalue weighted by molar-refractivity contribution is 9.09. The van der Waals surface area contributed by atoms with Gasteiger partial charge in [-0.15, -0.1) is 0 Å². The molecule has 26 heavy (non-hydrogen) atoms. The first kappa shape index (κ1) is 16.1. The van der Waals surface area contributed by atoms with Gasteiger partial charge in [0.1, 0.15) is 6.10 Å². The summed E-state index contributed by atoms with van der Waals surface area (Å²) in [5.74, 6) is -1.17. The Morgan fingerprint density at radius 2 is 2.23 bits per heavy atom. The number of non-ortho nitro benzene ring substituents is 1. The third-order valence-electron chi connectivity index (χ3n) is 5.64. The largest absolute Gasteiger partial charge is 0.461 e. The molecule has 3 aliphatic rings. The van der Waals surface area contributed by atoms with E-state index in [1.54, 1.807) is 6.07 Å². The Morgan fingerprint density at radius 1 is 1.42 bits per heavy atom. The summed E-state index contributed by atoms with van der Waals surface area (Å²) < 4.78 is 6.05. The van der Waals surface area contributed by atoms with Crippen molar-refractivity contribution in [1.82, 2.24) is 4.98 Å². The molecule has 134 valence electrons. The van der Waals surface area contributed by atoms with Crippen molar-refractivity contribution in [1.29, 1.82) is 0 Å². The SMILES string of the molecule is O=C(Nc1nc2ccc([N+](=O)[O-])cc2s1)[C@@H]1[C@H]2C[C@H]3[C@H](OC(=O)[C@H]31)[C@H]2Br. The minimum atomic E-state index is -0.467. The summed E-state index contributed by atoms with van der Waals surface area (Å²) in [4.78, 5) is 39.7. The van der Waals surface area contributed by atoms with Crippen LogP contribution in [0.25, 0.3) is 10.2 Å². The van der Waals surface area contributed by atoms with E-state index in [1.807, 2.05) is 0 Å². The summed E-state index contributed by atoms with van der Waals surface area (Å²) in [5, 5.41) is 14.1. The van der Waals surface area contributed by atoms with Gasteiger partial charge in [-0.05, 0) is 18.4 Å². The number of carbonyl (C=O) groups excluding carboxylic acids is 2. The average molecular weight is 438 g/mol. The maximum absolute atomic E-state index is 12.9. The molecule has 1 aromatic heterocycles. The molecule has 2 bridgehead atoms. The number of alkyl halides is 1. The zero-order valence-electron chi connectivity index (χ0n) is 13.1. The molecule has 5 rings (SSSR count). The van der Waals surface area contributed by atoms with Crippen molar-refractivity contribution < 1.29 is 19.2 Å². The number of benzene rings is 1. The Labute approximate surface area is 159 Å². The summed E-state index contributed by atoms with van der Waals surface area (Å²) in [6, 6.07) is 4.38. The van der Waals surface area contributed by atoms with Crippen LogP contribution in [-0.2, 0) is 14.3 Å². The van der Waals surface area contributed by atoms with E-state index in [2.05, 4.69) is 26.2 Å². The zero-order chi connectivity index (χ0) is 18.2. The number of carbonyl (C=O) groups is 2. The highest BCUT2D eigenvalue weighted by Gasteiger charge is 2.67. The van der Waals surface area contributed by atoms with Crippen LogP contribution in [0.1, 0.15) is 6.42 Å². The Kier molecular flexibility index (Phi) is 3.39. The molecule has 8 nitrogen and oxygen atoms in total. The first-order valence-corrected chi connectivity index (χ1v) is 9.87. The quantitative estimate of drug-likeness (QED) is 0.342. The molecule has 1 aromatic carbocycles. The topological polar surface area (TPSA) is 111 Å². The minimum Gasteiger partial charge on any atom is -0.461 e. The van der Waals surface area contributed by atoms with Crippen LogP contribution in [0, 0.1) is 33.8 Å². The number of fused-ring (bicyclic) bond motifs is 2. The van der Waals surface area contributed by atoms with Crippen LogP contribution in [0.3, 0.4) is 0 Å². The molecule has 0 unspecified atom stereocenters. The number of nitrogens with one attached hydrogen (secondary N) is 1. The smallest absolute Gasteiger partial charge is 0.310 e. The lowest BCUT2D eigenvalue weighted by atomic mass is 9.79. The number of hydrogen-bond donors (Lipinski definition) is 1. The van der Waals surface area contributed by atoms with Crippen molar-refractivity contribution in [2.75, 3.05) is 5.32 Å². The molecule has 0 radical (unpaired) electrons. The Hall–Kier alpha value is -2.07. The van der Waals surface area contributed by atoms with E-state index in [4.69, 9.17) is 4.74 Å². The lowest BCUT2D eigenvalue weighted by molar-refractivity contribution is -0.384. The molecule has 1 amide bonds. The Balaban J connectivity index is 1.41. The molecule has 2 aliphatic carbocycles. The number of nitro benzene ring substituents is 1. The lowest BCUT2D eigenvalue weighted by Crippen LogP contribution is -2.40. The van der Waals surface area contributed by atoms with Crippen molar-refractivity contribution in [3.05, 3.63) is 28.3 Å². The number of amides is 1. The van der Waals surface area contributed by atoms with E-state index >= 15 is 0 Å². The number of rotatable bonds is 3. The fourth-order valence-electron chi connectivity index (χ4n) is 4.60. The molecule has 1 saturated heterocycles. The number of aromatic nitrogens is 1. The van der Waals surface area contributed by atoms with Gasteiger partial charge >= 0.3 is 5.97 Å². The van der Waals surface area contributed by atoms with Crippen LogP contribution in [0.15, 0.2) is 18.2 Å². The molecule has 2 aromatic rings. The monoisotopic (exact) mass is 437 g/mol. The molecule has 1 aliphatic heterocycles. The normalized spacial score (nSPS) is 34.3. The van der Waals surface area contributed by atoms with Crippen molar-refractivity contribution >= 4 is 60.2 Å². The summed E-state index contributed by atoms with van der Waals surface area (Å²) in [6.45, 7) is 0. The fourth-order valence-corrected chi connectivity index (χ4v) is 6.55. The molecule has 3 fully saturated rings. The van der Waals surface area contributed by atoms with Crippen molar-refractivity contribution in [3.8, 4) is 0 Å². The summed E-state index contributed by atoms with van der Waals surface area (Å²) in [6.07, 6.45) is 0.686. The van der Waals surface area contributed by atoms with Gasteiger partial charge in [-0.2, -0.15) is 0 Å². The number of ether oxygens (including phenoxy) is 1. The molecular formula is C16H12BrN3O5S. The van der Waals surface area contributed by atoms with Gasteiger partial charge in [-0.3, -0.25) is 19.7 Å². The molecule has 0 spiro atoms. The van der Waals surface area contributed by atoms with E-state index in [0.29, 0.717) is 15.3 Å². The zero-order valence-corrected chi connectivity index (χ0v) is 15.5. The Morgan fingerprint density at radius 3 is 3.00 bits per heavy atom. The predicted molar refractivity (Wildman–Crippen MR) is 96.1 cm³/mol. The van der Waals surface area contributed by atoms with E-state index in [9.17, 15) is 19.7 Å². The van der Waals surface area contributed by atoms with Crippen LogP contribution >= 0.6 is 27.3 Å². The van der Waals surface area contributed by atoms with Crippen molar-refractivity contribution in [2.24, 2.45) is 23.7 Å². The van der Waals surface area contributed by atoms with Gasteiger partial charge < -0.3 is 10.1 Å². The molecule has 6 atom stereocenters. The predicted octanol–water partition coefficient (Wildman–Crippen LogP) is 2.71. The molecule has 10 heteroatoms. The van der Waals surface area contributed by atoms with Crippen LogP contribution < -0.4 is 5.32 Å². The van der Waals surface area contributed by atoms with Gasteiger partial charge in [0.15, 0.2) is 5.13 Å². The average Bonchev–Trinajstić information content (AvgIpc) is 3.29. The van der Waals surface area contributed by atoms with Gasteiger partial charge in [0.25, 0.3) is 5.69 Å². The number of anilines is 1. The second-order valence-corrected chi connectivity index (χ2v) is 8.97. The number of thiazole rings is 1. The number of nitro groups is 1. The molecular weight excluding hydrogens is 426 g/mol. The number of hydrogen-bond acceptors (Lipinski definition) is 7. The van der Waals surface area contributed by atoms with E-state index in [0.717, 1.165) is 6.42 Å². The summed E-state index contributed by atoms with van der Waals surface area (Å²) >= 11 is 4.77. The highest BCUT2D eigenvalue weighted by atomic mass is 79.9. The van der Waals surface area contributed by atoms with Gasteiger partial charge in [0.05, 0.1) is 31.8 Å². The second kappa shape index (κ2) is 5.46. The minimum absolute atomic E-state index is 0.00367. The standard InChI is InChI=1S/C16H12BrN3O5S/c17-12-6-4-7-11(15(22)25-13(7)12)10(6)14(21)19-16-18-8-2-1-5(20(23)24)3-9(8)26-16/h1-3,6-7,10-13H,4H2,(H,18,19,21)/t6-,7-,10-,11-,12+,13+/m1/s1. The maximum atomic E-state index is 12.9.